The van der Waals surface area contributed by atoms with E-state index < -0.39 is 24.0 Å². The fourth-order valence-corrected chi connectivity index (χ4v) is 3.75. The third-order valence-corrected chi connectivity index (χ3v) is 5.12. The topological polar surface area (TPSA) is 97.6 Å². The van der Waals surface area contributed by atoms with E-state index >= 15 is 0 Å². The smallest absolute Gasteiger partial charge is 0.331 e. The zero-order valence-corrected chi connectivity index (χ0v) is 16.8. The van der Waals surface area contributed by atoms with Gasteiger partial charge in [-0.2, -0.15) is 5.26 Å². The first-order valence-electron chi connectivity index (χ1n) is 9.98. The van der Waals surface area contributed by atoms with E-state index in [0.717, 1.165) is 30.6 Å². The number of carbonyl (C=O) groups is 2. The van der Waals surface area contributed by atoms with Crippen LogP contribution in [0, 0.1) is 11.3 Å². The molecule has 0 bridgehead atoms. The lowest BCUT2D eigenvalue weighted by atomic mass is 10.00. The Morgan fingerprint density at radius 2 is 2.14 bits per heavy atom. The van der Waals surface area contributed by atoms with Crippen LogP contribution in [-0.4, -0.2) is 36.7 Å². The lowest BCUT2D eigenvalue weighted by Gasteiger charge is -2.21. The molecule has 1 N–H and O–H groups in total. The van der Waals surface area contributed by atoms with Gasteiger partial charge < -0.3 is 19.5 Å². The van der Waals surface area contributed by atoms with E-state index in [1.54, 1.807) is 6.08 Å². The second kappa shape index (κ2) is 8.99. The van der Waals surface area contributed by atoms with Crippen molar-refractivity contribution in [1.82, 2.24) is 5.32 Å². The molecule has 2 aliphatic rings. The maximum atomic E-state index is 12.0. The van der Waals surface area contributed by atoms with E-state index in [0.29, 0.717) is 30.8 Å². The van der Waals surface area contributed by atoms with E-state index in [1.807, 2.05) is 26.0 Å². The number of nitrogens with zero attached hydrogens (tertiary/aromatic N) is 1. The first-order valence-corrected chi connectivity index (χ1v) is 9.98. The van der Waals surface area contributed by atoms with Gasteiger partial charge >= 0.3 is 5.97 Å². The van der Waals surface area contributed by atoms with Crippen LogP contribution < -0.4 is 14.8 Å². The molecule has 0 saturated heterocycles. The van der Waals surface area contributed by atoms with E-state index in [1.165, 1.54) is 6.08 Å². The Labute approximate surface area is 170 Å². The summed E-state index contributed by atoms with van der Waals surface area (Å²) in [6.45, 7) is 3.97. The quantitative estimate of drug-likeness (QED) is 0.560. The highest BCUT2D eigenvalue weighted by atomic mass is 16.5. The van der Waals surface area contributed by atoms with Gasteiger partial charge in [-0.1, -0.05) is 0 Å². The molecule has 1 atom stereocenters. The molecule has 0 unspecified atom stereocenters. The van der Waals surface area contributed by atoms with Gasteiger partial charge in [0.2, 0.25) is 0 Å². The Kier molecular flexibility index (Phi) is 6.42. The van der Waals surface area contributed by atoms with Crippen LogP contribution in [-0.2, 0) is 20.7 Å². The highest BCUT2D eigenvalue weighted by Crippen LogP contribution is 2.35. The largest absolute Gasteiger partial charge is 0.493 e. The summed E-state index contributed by atoms with van der Waals surface area (Å²) in [6.07, 6.45) is 6.84. The lowest BCUT2D eigenvalue weighted by Crippen LogP contribution is -2.46. The highest BCUT2D eigenvalue weighted by Gasteiger charge is 2.35. The van der Waals surface area contributed by atoms with E-state index in [-0.39, 0.29) is 6.10 Å². The molecule has 1 aromatic rings. The van der Waals surface area contributed by atoms with Crippen LogP contribution in [0.2, 0.25) is 0 Å². The van der Waals surface area contributed by atoms with Gasteiger partial charge in [-0.25, -0.2) is 4.79 Å². The number of amides is 1. The molecule has 1 saturated carbocycles. The summed E-state index contributed by atoms with van der Waals surface area (Å²) in [6, 6.07) is 5.95. The number of hydrogen-bond donors (Lipinski definition) is 1. The number of fused-ring (bicyclic) bond motifs is 1. The van der Waals surface area contributed by atoms with Crippen molar-refractivity contribution in [3.63, 3.8) is 0 Å². The summed E-state index contributed by atoms with van der Waals surface area (Å²) in [5, 5.41) is 12.0. The fraction of sp³-hybridized carbons (Fsp3) is 0.500. The number of benzene rings is 1. The fourth-order valence-electron chi connectivity index (χ4n) is 3.75. The maximum Gasteiger partial charge on any atom is 0.331 e. The third kappa shape index (κ3) is 5.08. The molecule has 1 fully saturated rings. The van der Waals surface area contributed by atoms with Crippen molar-refractivity contribution < 1.29 is 23.8 Å². The number of ether oxygens (including phenoxy) is 3. The van der Waals surface area contributed by atoms with Crippen molar-refractivity contribution in [3.8, 4) is 17.6 Å². The van der Waals surface area contributed by atoms with Gasteiger partial charge in [0.25, 0.3) is 5.91 Å². The van der Waals surface area contributed by atoms with Gasteiger partial charge in [0.15, 0.2) is 6.61 Å². The van der Waals surface area contributed by atoms with Crippen molar-refractivity contribution >= 4 is 18.0 Å². The van der Waals surface area contributed by atoms with Gasteiger partial charge in [0.1, 0.15) is 23.1 Å². The second-order valence-corrected chi connectivity index (χ2v) is 7.45. The third-order valence-electron chi connectivity index (χ3n) is 5.12. The van der Waals surface area contributed by atoms with E-state index in [2.05, 4.69) is 11.4 Å². The summed E-state index contributed by atoms with van der Waals surface area (Å²) in [7, 11) is 0. The minimum atomic E-state index is -0.826. The number of hydrogen-bond acceptors (Lipinski definition) is 6. The minimum Gasteiger partial charge on any atom is -0.493 e. The van der Waals surface area contributed by atoms with Crippen LogP contribution in [0.15, 0.2) is 18.2 Å². The molecule has 1 aromatic carbocycles. The average Bonchev–Trinajstić information content (AvgIpc) is 3.30. The Hall–Kier alpha value is -3.01. The molecule has 0 aromatic heterocycles. The van der Waals surface area contributed by atoms with E-state index in [9.17, 15) is 14.9 Å². The van der Waals surface area contributed by atoms with Gasteiger partial charge in [0, 0.05) is 23.6 Å². The zero-order valence-electron chi connectivity index (χ0n) is 16.8. The average molecular weight is 398 g/mol. The minimum absolute atomic E-state index is 0.110. The van der Waals surface area contributed by atoms with Crippen LogP contribution in [0.25, 0.3) is 6.08 Å². The maximum absolute atomic E-state index is 12.0. The second-order valence-electron chi connectivity index (χ2n) is 7.45. The molecule has 1 heterocycles. The molecule has 0 spiro atoms. The first-order chi connectivity index (χ1) is 13.9. The molecule has 7 nitrogen and oxygen atoms in total. The van der Waals surface area contributed by atoms with Crippen molar-refractivity contribution in [2.75, 3.05) is 13.2 Å². The Morgan fingerprint density at radius 1 is 1.38 bits per heavy atom. The van der Waals surface area contributed by atoms with Crippen LogP contribution in [0.1, 0.15) is 50.7 Å². The molecule has 1 aliphatic carbocycles. The van der Waals surface area contributed by atoms with Crippen LogP contribution >= 0.6 is 0 Å². The normalized spacial score (nSPS) is 19.3. The van der Waals surface area contributed by atoms with Gasteiger partial charge in [-0.15, -0.1) is 0 Å². The summed E-state index contributed by atoms with van der Waals surface area (Å²) in [5.74, 6) is 0.342. The molecule has 3 rings (SSSR count). The molecule has 1 aliphatic heterocycles. The zero-order chi connectivity index (χ0) is 20.9. The standard InChI is InChI=1S/C22H26N2O5/c1-3-27-18-12-17-10-15(2)29-19(17)11-16(18)6-7-21(26)28-13-20(25)24-22(14-23)8-4-5-9-22/h6-7,11-12,15H,3-5,8-10,13H2,1-2H3,(H,24,25)/b7-6+/t15-/m0/s1. The van der Waals surface area contributed by atoms with Crippen LogP contribution in [0.4, 0.5) is 0 Å². The molecule has 29 heavy (non-hydrogen) atoms. The van der Waals surface area contributed by atoms with Crippen molar-refractivity contribution in [2.24, 2.45) is 0 Å². The van der Waals surface area contributed by atoms with Gasteiger partial charge in [-0.3, -0.25) is 4.79 Å². The van der Waals surface area contributed by atoms with Crippen LogP contribution in [0.5, 0.6) is 11.5 Å². The monoisotopic (exact) mass is 398 g/mol. The van der Waals surface area contributed by atoms with Gasteiger partial charge in [-0.05, 0) is 57.7 Å². The highest BCUT2D eigenvalue weighted by molar-refractivity contribution is 5.90. The summed E-state index contributed by atoms with van der Waals surface area (Å²) < 4.78 is 16.5. The van der Waals surface area contributed by atoms with Gasteiger partial charge in [0.05, 0.1) is 12.7 Å². The molecule has 0 radical (unpaired) electrons. The summed E-state index contributed by atoms with van der Waals surface area (Å²) in [5.41, 5.74) is 0.957. The Balaban J connectivity index is 1.58. The number of nitrogens with one attached hydrogen (secondary N) is 1. The molecule has 7 heteroatoms. The number of esters is 1. The number of rotatable bonds is 7. The van der Waals surface area contributed by atoms with E-state index in [4.69, 9.17) is 14.2 Å². The first kappa shape index (κ1) is 20.7. The number of nitriles is 1. The molecular formula is C22H26N2O5. The molecular weight excluding hydrogens is 372 g/mol. The summed E-state index contributed by atoms with van der Waals surface area (Å²) >= 11 is 0. The number of carbonyl (C=O) groups excluding carboxylic acids is 2. The molecule has 154 valence electrons. The lowest BCUT2D eigenvalue weighted by molar-refractivity contribution is -0.144. The van der Waals surface area contributed by atoms with Crippen molar-refractivity contribution in [1.29, 1.82) is 5.26 Å². The van der Waals surface area contributed by atoms with Crippen molar-refractivity contribution in [2.45, 2.75) is 57.6 Å². The summed E-state index contributed by atoms with van der Waals surface area (Å²) in [4.78, 5) is 24.1. The van der Waals surface area contributed by atoms with Crippen LogP contribution in [0.3, 0.4) is 0 Å². The predicted molar refractivity (Wildman–Crippen MR) is 106 cm³/mol. The Bertz CT molecular complexity index is 849. The van der Waals surface area contributed by atoms with Crippen molar-refractivity contribution in [3.05, 3.63) is 29.3 Å². The SMILES string of the molecule is CCOc1cc2c(cc1/C=C/C(=O)OCC(=O)NC1(C#N)CCCC1)O[C@@H](C)C2. The predicted octanol–water partition coefficient (Wildman–Crippen LogP) is 2.92. The molecule has 1 amide bonds. The Morgan fingerprint density at radius 3 is 2.83 bits per heavy atom.